The maximum Gasteiger partial charge on any atom is 0.260 e. The summed E-state index contributed by atoms with van der Waals surface area (Å²) in [5, 5.41) is 7.44. The highest BCUT2D eigenvalue weighted by Crippen LogP contribution is 2.41. The van der Waals surface area contributed by atoms with E-state index < -0.39 is 0 Å². The summed E-state index contributed by atoms with van der Waals surface area (Å²) in [5.74, 6) is 1.64. The number of methoxy groups -OCH3 is 3. The van der Waals surface area contributed by atoms with Crippen molar-refractivity contribution in [1.29, 1.82) is 0 Å². The number of amides is 1. The molecule has 33 heavy (non-hydrogen) atoms. The first-order chi connectivity index (χ1) is 16.0. The van der Waals surface area contributed by atoms with E-state index in [2.05, 4.69) is 15.5 Å². The molecule has 0 bridgehead atoms. The normalized spacial score (nSPS) is 10.5. The van der Waals surface area contributed by atoms with Gasteiger partial charge in [-0.15, -0.1) is 0 Å². The summed E-state index contributed by atoms with van der Waals surface area (Å²) >= 11 is 6.00. The molecule has 3 aromatic carbocycles. The van der Waals surface area contributed by atoms with Crippen LogP contribution in [0, 0.1) is 0 Å². The van der Waals surface area contributed by atoms with Crippen molar-refractivity contribution in [2.75, 3.05) is 26.6 Å². The van der Waals surface area contributed by atoms with E-state index in [-0.39, 0.29) is 11.8 Å². The van der Waals surface area contributed by atoms with E-state index in [0.717, 1.165) is 0 Å². The summed E-state index contributed by atoms with van der Waals surface area (Å²) in [6.45, 7) is 0. The zero-order chi connectivity index (χ0) is 23.4. The van der Waals surface area contributed by atoms with E-state index in [1.54, 1.807) is 54.6 Å². The van der Waals surface area contributed by atoms with Crippen molar-refractivity contribution in [3.8, 4) is 40.1 Å². The molecule has 168 valence electrons. The third-order valence-electron chi connectivity index (χ3n) is 4.84. The summed E-state index contributed by atoms with van der Waals surface area (Å²) in [6.07, 6.45) is 0. The lowest BCUT2D eigenvalue weighted by Crippen LogP contribution is -2.12. The van der Waals surface area contributed by atoms with Crippen LogP contribution in [0.3, 0.4) is 0 Å². The Balaban J connectivity index is 1.67. The number of nitrogens with one attached hydrogen (secondary N) is 1. The maximum absolute atomic E-state index is 12.7. The minimum Gasteiger partial charge on any atom is -0.493 e. The predicted octanol–water partition coefficient (Wildman–Crippen LogP) is 5.34. The molecule has 4 aromatic rings. The number of benzene rings is 3. The lowest BCUT2D eigenvalue weighted by Gasteiger charge is -2.12. The van der Waals surface area contributed by atoms with Gasteiger partial charge < -0.3 is 24.1 Å². The van der Waals surface area contributed by atoms with Gasteiger partial charge in [0.25, 0.3) is 11.8 Å². The van der Waals surface area contributed by atoms with Gasteiger partial charge >= 0.3 is 0 Å². The van der Waals surface area contributed by atoms with Gasteiger partial charge in [-0.05, 0) is 42.5 Å². The lowest BCUT2D eigenvalue weighted by molar-refractivity contribution is 0.102. The minimum atomic E-state index is -0.311. The average Bonchev–Trinajstić information content (AvgIpc) is 3.33. The van der Waals surface area contributed by atoms with Crippen LogP contribution in [0.15, 0.2) is 65.2 Å². The van der Waals surface area contributed by atoms with E-state index in [0.29, 0.717) is 50.5 Å². The molecule has 9 heteroatoms. The van der Waals surface area contributed by atoms with E-state index in [1.165, 1.54) is 21.3 Å². The number of halogens is 1. The molecule has 4 rings (SSSR count). The molecule has 1 amide bonds. The molecule has 0 atom stereocenters. The first kappa shape index (κ1) is 22.2. The molecule has 0 aliphatic carbocycles. The molecule has 0 saturated carbocycles. The Morgan fingerprint density at radius 2 is 1.67 bits per heavy atom. The van der Waals surface area contributed by atoms with E-state index in [1.807, 2.05) is 6.07 Å². The first-order valence-electron chi connectivity index (χ1n) is 9.84. The van der Waals surface area contributed by atoms with Crippen molar-refractivity contribution < 1.29 is 23.5 Å². The van der Waals surface area contributed by atoms with Crippen LogP contribution in [0.5, 0.6) is 17.2 Å². The largest absolute Gasteiger partial charge is 0.493 e. The van der Waals surface area contributed by atoms with E-state index in [4.69, 9.17) is 30.3 Å². The fourth-order valence-corrected chi connectivity index (χ4v) is 3.45. The Labute approximate surface area is 195 Å². The third kappa shape index (κ3) is 4.61. The quantitative estimate of drug-likeness (QED) is 0.393. The number of aromatic nitrogens is 2. The van der Waals surface area contributed by atoms with Gasteiger partial charge in [-0.25, -0.2) is 0 Å². The van der Waals surface area contributed by atoms with Gasteiger partial charge in [-0.3, -0.25) is 4.79 Å². The van der Waals surface area contributed by atoms with Crippen LogP contribution in [0.4, 0.5) is 5.69 Å². The Kier molecular flexibility index (Phi) is 6.46. The molecule has 1 N–H and O–H groups in total. The molecule has 0 fully saturated rings. The van der Waals surface area contributed by atoms with Crippen molar-refractivity contribution in [2.24, 2.45) is 0 Å². The molecule has 0 saturated heterocycles. The fraction of sp³-hybridized carbons (Fsp3) is 0.125. The van der Waals surface area contributed by atoms with Gasteiger partial charge in [0.2, 0.25) is 11.6 Å². The van der Waals surface area contributed by atoms with Gasteiger partial charge in [0.15, 0.2) is 11.5 Å². The zero-order valence-electron chi connectivity index (χ0n) is 18.1. The van der Waals surface area contributed by atoms with Crippen molar-refractivity contribution in [3.63, 3.8) is 0 Å². The van der Waals surface area contributed by atoms with Crippen molar-refractivity contribution in [2.45, 2.75) is 0 Å². The minimum absolute atomic E-state index is 0.237. The van der Waals surface area contributed by atoms with Gasteiger partial charge in [0, 0.05) is 16.1 Å². The summed E-state index contributed by atoms with van der Waals surface area (Å²) in [6, 6.07) is 17.3. The summed E-state index contributed by atoms with van der Waals surface area (Å²) in [5.41, 5.74) is 2.13. The number of para-hydroxylation sites is 1. The predicted molar refractivity (Wildman–Crippen MR) is 124 cm³/mol. The smallest absolute Gasteiger partial charge is 0.260 e. The SMILES string of the molecule is COc1cc(-c2noc(-c3ccccc3NC(=O)c3cccc(Cl)c3)n2)cc(OC)c1OC. The molecule has 8 nitrogen and oxygen atoms in total. The highest BCUT2D eigenvalue weighted by Gasteiger charge is 2.19. The first-order valence-corrected chi connectivity index (χ1v) is 10.2. The Bertz CT molecular complexity index is 1280. The topological polar surface area (TPSA) is 95.7 Å². The molecule has 0 aliphatic rings. The van der Waals surface area contributed by atoms with Crippen LogP contribution < -0.4 is 19.5 Å². The van der Waals surface area contributed by atoms with Gasteiger partial charge in [-0.1, -0.05) is 35.0 Å². The molecule has 0 radical (unpaired) electrons. The highest BCUT2D eigenvalue weighted by molar-refractivity contribution is 6.31. The van der Waals surface area contributed by atoms with Crippen molar-refractivity contribution in [3.05, 3.63) is 71.2 Å². The van der Waals surface area contributed by atoms with Crippen molar-refractivity contribution in [1.82, 2.24) is 10.1 Å². The molecule has 1 heterocycles. The number of carbonyl (C=O) groups is 1. The maximum atomic E-state index is 12.7. The lowest BCUT2D eigenvalue weighted by atomic mass is 10.1. The van der Waals surface area contributed by atoms with Crippen LogP contribution in [-0.2, 0) is 0 Å². The Morgan fingerprint density at radius 1 is 0.939 bits per heavy atom. The molecule has 0 aliphatic heterocycles. The Hall–Kier alpha value is -4.04. The number of rotatable bonds is 7. The van der Waals surface area contributed by atoms with Crippen LogP contribution >= 0.6 is 11.6 Å². The van der Waals surface area contributed by atoms with Gasteiger partial charge in [0.1, 0.15) is 0 Å². The number of carbonyl (C=O) groups excluding carboxylic acids is 1. The summed E-state index contributed by atoms with van der Waals surface area (Å²) in [7, 11) is 4.59. The van der Waals surface area contributed by atoms with Crippen LogP contribution in [0.1, 0.15) is 10.4 Å². The summed E-state index contributed by atoms with van der Waals surface area (Å²) in [4.78, 5) is 17.2. The fourth-order valence-electron chi connectivity index (χ4n) is 3.26. The zero-order valence-corrected chi connectivity index (χ0v) is 18.8. The Morgan fingerprint density at radius 3 is 2.33 bits per heavy atom. The monoisotopic (exact) mass is 465 g/mol. The summed E-state index contributed by atoms with van der Waals surface area (Å²) < 4.78 is 21.7. The van der Waals surface area contributed by atoms with Crippen LogP contribution in [0.2, 0.25) is 5.02 Å². The molecule has 0 spiro atoms. The number of hydrogen-bond acceptors (Lipinski definition) is 7. The average molecular weight is 466 g/mol. The number of hydrogen-bond donors (Lipinski definition) is 1. The second kappa shape index (κ2) is 9.62. The van der Waals surface area contributed by atoms with Gasteiger partial charge in [-0.2, -0.15) is 4.98 Å². The molecule has 1 aromatic heterocycles. The van der Waals surface area contributed by atoms with Crippen molar-refractivity contribution >= 4 is 23.2 Å². The molecular formula is C24H20ClN3O5. The van der Waals surface area contributed by atoms with Crippen LogP contribution in [-0.4, -0.2) is 37.4 Å². The molecular weight excluding hydrogens is 446 g/mol. The standard InChI is InChI=1S/C24H20ClN3O5/c1-30-19-12-15(13-20(31-2)21(19)32-3)22-27-24(33-28-22)17-9-4-5-10-18(17)26-23(29)14-7-6-8-16(25)11-14/h4-13H,1-3H3,(H,26,29). The van der Waals surface area contributed by atoms with Crippen LogP contribution in [0.25, 0.3) is 22.8 Å². The highest BCUT2D eigenvalue weighted by atomic mass is 35.5. The number of nitrogens with zero attached hydrogens (tertiary/aromatic N) is 2. The molecule has 0 unspecified atom stereocenters. The third-order valence-corrected chi connectivity index (χ3v) is 5.08. The number of anilines is 1. The second-order valence-corrected chi connectivity index (χ2v) is 7.28. The van der Waals surface area contributed by atoms with Gasteiger partial charge in [0.05, 0.1) is 32.6 Å². The second-order valence-electron chi connectivity index (χ2n) is 6.85. The van der Waals surface area contributed by atoms with E-state index >= 15 is 0 Å². The number of ether oxygens (including phenoxy) is 3. The van der Waals surface area contributed by atoms with E-state index in [9.17, 15) is 4.79 Å².